The topological polar surface area (TPSA) is 57.6 Å². The van der Waals surface area contributed by atoms with Gasteiger partial charge in [0.15, 0.2) is 0 Å². The van der Waals surface area contributed by atoms with Crippen molar-refractivity contribution in [3.8, 4) is 0 Å². The lowest BCUT2D eigenvalue weighted by Crippen LogP contribution is -2.19. The van der Waals surface area contributed by atoms with Crippen LogP contribution in [-0.4, -0.2) is 30.5 Å². The maximum absolute atomic E-state index is 11.4. The molecule has 4 heteroatoms. The Bertz CT molecular complexity index is 439. The fourth-order valence-electron chi connectivity index (χ4n) is 1.94. The summed E-state index contributed by atoms with van der Waals surface area (Å²) in [6, 6.07) is 5.22. The molecular weight excluding hydrogens is 194 g/mol. The minimum atomic E-state index is -1.40. The molecule has 15 heavy (non-hydrogen) atoms. The van der Waals surface area contributed by atoms with E-state index in [1.807, 2.05) is 18.0 Å². The largest absolute Gasteiger partial charge is 0.475 e. The van der Waals surface area contributed by atoms with Crippen LogP contribution in [0.1, 0.15) is 15.9 Å². The van der Waals surface area contributed by atoms with Crippen LogP contribution in [0.4, 0.5) is 5.69 Å². The van der Waals surface area contributed by atoms with Crippen molar-refractivity contribution in [1.82, 2.24) is 0 Å². The Morgan fingerprint density at radius 1 is 1.40 bits per heavy atom. The molecule has 1 heterocycles. The van der Waals surface area contributed by atoms with Gasteiger partial charge in [-0.15, -0.1) is 0 Å². The molecule has 0 unspecified atom stereocenters. The molecule has 0 fully saturated rings. The number of hydrogen-bond acceptors (Lipinski definition) is 3. The van der Waals surface area contributed by atoms with E-state index in [4.69, 9.17) is 5.11 Å². The minimum Gasteiger partial charge on any atom is -0.475 e. The van der Waals surface area contributed by atoms with Gasteiger partial charge in [0, 0.05) is 13.6 Å². The first-order valence-corrected chi connectivity index (χ1v) is 4.72. The molecule has 0 bridgehead atoms. The van der Waals surface area contributed by atoms with Gasteiger partial charge in [-0.25, -0.2) is 4.79 Å². The number of aliphatic carboxylic acids is 1. The second-order valence-corrected chi connectivity index (χ2v) is 3.62. The summed E-state index contributed by atoms with van der Waals surface area (Å²) >= 11 is 0. The van der Waals surface area contributed by atoms with Gasteiger partial charge in [0.05, 0.1) is 11.3 Å². The zero-order chi connectivity index (χ0) is 11.0. The number of benzene rings is 1. The number of ketones is 1. The van der Waals surface area contributed by atoms with Crippen LogP contribution in [0, 0.1) is 0 Å². The lowest BCUT2D eigenvalue weighted by molar-refractivity contribution is -0.131. The molecule has 0 saturated heterocycles. The van der Waals surface area contributed by atoms with Crippen molar-refractivity contribution >= 4 is 17.4 Å². The molecule has 1 N–H and O–H groups in total. The van der Waals surface area contributed by atoms with Crippen LogP contribution in [0.15, 0.2) is 18.2 Å². The van der Waals surface area contributed by atoms with Crippen LogP contribution in [0.5, 0.6) is 0 Å². The van der Waals surface area contributed by atoms with E-state index in [-0.39, 0.29) is 0 Å². The van der Waals surface area contributed by atoms with Gasteiger partial charge >= 0.3 is 5.97 Å². The Hall–Kier alpha value is -1.84. The molecule has 1 aromatic rings. The fourth-order valence-corrected chi connectivity index (χ4v) is 1.94. The number of rotatable bonds is 2. The van der Waals surface area contributed by atoms with Crippen molar-refractivity contribution in [2.24, 2.45) is 0 Å². The van der Waals surface area contributed by atoms with E-state index in [2.05, 4.69) is 0 Å². The van der Waals surface area contributed by atoms with Crippen molar-refractivity contribution in [3.63, 3.8) is 0 Å². The van der Waals surface area contributed by atoms with Crippen LogP contribution in [0.2, 0.25) is 0 Å². The third-order valence-corrected chi connectivity index (χ3v) is 2.66. The molecule has 78 valence electrons. The van der Waals surface area contributed by atoms with Crippen molar-refractivity contribution in [2.75, 3.05) is 18.5 Å². The van der Waals surface area contributed by atoms with Gasteiger partial charge in [0.2, 0.25) is 0 Å². The summed E-state index contributed by atoms with van der Waals surface area (Å²) in [4.78, 5) is 24.0. The van der Waals surface area contributed by atoms with Gasteiger partial charge in [-0.2, -0.15) is 0 Å². The minimum absolute atomic E-state index is 0.292. The van der Waals surface area contributed by atoms with E-state index in [9.17, 15) is 9.59 Å². The molecule has 0 saturated carbocycles. The standard InChI is InChI=1S/C11H11NO3/c1-12-6-5-7-3-2-4-8(9(7)12)10(13)11(14)15/h2-4H,5-6H2,1H3,(H,14,15). The second-order valence-electron chi connectivity index (χ2n) is 3.62. The number of carboxylic acids is 1. The van der Waals surface area contributed by atoms with E-state index in [0.29, 0.717) is 5.56 Å². The van der Waals surface area contributed by atoms with E-state index >= 15 is 0 Å². The number of hydrogen-bond donors (Lipinski definition) is 1. The van der Waals surface area contributed by atoms with Gasteiger partial charge in [0.1, 0.15) is 0 Å². The van der Waals surface area contributed by atoms with Crippen LogP contribution in [0.3, 0.4) is 0 Å². The molecule has 1 aromatic carbocycles. The highest BCUT2D eigenvalue weighted by Crippen LogP contribution is 2.30. The van der Waals surface area contributed by atoms with Crippen LogP contribution < -0.4 is 4.90 Å². The maximum Gasteiger partial charge on any atom is 0.377 e. The Morgan fingerprint density at radius 2 is 2.13 bits per heavy atom. The number of Topliss-reactive ketones (excluding diaryl/α,β-unsaturated/α-hetero) is 1. The Morgan fingerprint density at radius 3 is 2.80 bits per heavy atom. The summed E-state index contributed by atoms with van der Waals surface area (Å²) in [6.45, 7) is 0.833. The highest BCUT2D eigenvalue weighted by Gasteiger charge is 2.25. The van der Waals surface area contributed by atoms with Crippen molar-refractivity contribution < 1.29 is 14.7 Å². The Balaban J connectivity index is 2.54. The van der Waals surface area contributed by atoms with Gasteiger partial charge < -0.3 is 10.0 Å². The quantitative estimate of drug-likeness (QED) is 0.576. The van der Waals surface area contributed by atoms with Gasteiger partial charge in [0.25, 0.3) is 5.78 Å². The average molecular weight is 205 g/mol. The van der Waals surface area contributed by atoms with Gasteiger partial charge in [-0.05, 0) is 18.1 Å². The van der Waals surface area contributed by atoms with E-state index in [0.717, 1.165) is 24.2 Å². The number of nitrogens with zero attached hydrogens (tertiary/aromatic N) is 1. The van der Waals surface area contributed by atoms with E-state index in [1.165, 1.54) is 0 Å². The number of fused-ring (bicyclic) bond motifs is 1. The molecule has 0 radical (unpaired) electrons. The predicted molar refractivity (Wildman–Crippen MR) is 55.4 cm³/mol. The van der Waals surface area contributed by atoms with Crippen molar-refractivity contribution in [1.29, 1.82) is 0 Å². The zero-order valence-electron chi connectivity index (χ0n) is 8.36. The normalized spacial score (nSPS) is 13.8. The highest BCUT2D eigenvalue weighted by molar-refractivity contribution is 6.41. The van der Waals surface area contributed by atoms with Crippen LogP contribution in [-0.2, 0) is 11.2 Å². The average Bonchev–Trinajstić information content (AvgIpc) is 2.59. The molecule has 0 aromatic heterocycles. The summed E-state index contributed by atoms with van der Waals surface area (Å²) in [6.07, 6.45) is 0.868. The lowest BCUT2D eigenvalue weighted by Gasteiger charge is -2.14. The number of carboxylic acid groups (broad SMARTS) is 1. The summed E-state index contributed by atoms with van der Waals surface area (Å²) in [7, 11) is 1.87. The first-order valence-electron chi connectivity index (χ1n) is 4.72. The smallest absolute Gasteiger partial charge is 0.377 e. The van der Waals surface area contributed by atoms with Crippen molar-refractivity contribution in [3.05, 3.63) is 29.3 Å². The summed E-state index contributed by atoms with van der Waals surface area (Å²) in [5.41, 5.74) is 2.11. The molecular formula is C11H11NO3. The number of carbonyl (C=O) groups is 2. The fraction of sp³-hybridized carbons (Fsp3) is 0.273. The van der Waals surface area contributed by atoms with E-state index < -0.39 is 11.8 Å². The van der Waals surface area contributed by atoms with Gasteiger partial charge in [-0.1, -0.05) is 12.1 Å². The maximum atomic E-state index is 11.4. The Labute approximate surface area is 87.1 Å². The summed E-state index contributed by atoms with van der Waals surface area (Å²) < 4.78 is 0. The van der Waals surface area contributed by atoms with Crippen molar-refractivity contribution in [2.45, 2.75) is 6.42 Å². The molecule has 0 amide bonds. The van der Waals surface area contributed by atoms with Gasteiger partial charge in [-0.3, -0.25) is 4.79 Å². The Kier molecular flexibility index (Phi) is 2.19. The summed E-state index contributed by atoms with van der Waals surface area (Å²) in [5, 5.41) is 8.68. The third-order valence-electron chi connectivity index (χ3n) is 2.66. The van der Waals surface area contributed by atoms with Crippen LogP contribution >= 0.6 is 0 Å². The predicted octanol–water partition coefficient (Wildman–Crippen LogP) is 0.946. The molecule has 0 atom stereocenters. The molecule has 0 aliphatic carbocycles. The summed E-state index contributed by atoms with van der Waals surface area (Å²) in [5.74, 6) is -2.23. The molecule has 4 nitrogen and oxygen atoms in total. The zero-order valence-corrected chi connectivity index (χ0v) is 8.36. The monoisotopic (exact) mass is 205 g/mol. The number of likely N-dealkylation sites (N-methyl/N-ethyl adjacent to an activating group) is 1. The molecule has 0 spiro atoms. The molecule has 1 aliphatic heterocycles. The number of para-hydroxylation sites is 1. The molecule has 1 aliphatic rings. The van der Waals surface area contributed by atoms with Crippen LogP contribution in [0.25, 0.3) is 0 Å². The van der Waals surface area contributed by atoms with E-state index in [1.54, 1.807) is 12.1 Å². The second kappa shape index (κ2) is 3.38. The lowest BCUT2D eigenvalue weighted by atomic mass is 10.0. The SMILES string of the molecule is CN1CCc2cccc(C(=O)C(=O)O)c21. The first-order chi connectivity index (χ1) is 7.11. The number of carbonyl (C=O) groups excluding carboxylic acids is 1. The highest BCUT2D eigenvalue weighted by atomic mass is 16.4. The first kappa shape index (κ1) is 9.71. The number of anilines is 1. The molecule has 2 rings (SSSR count). The third kappa shape index (κ3) is 1.48.